The minimum atomic E-state index is 0.369. The fourth-order valence-electron chi connectivity index (χ4n) is 3.59. The Balaban J connectivity index is 1.88. The Morgan fingerprint density at radius 2 is 1.14 bits per heavy atom. The molecule has 22 heavy (non-hydrogen) atoms. The van der Waals surface area contributed by atoms with E-state index in [-0.39, 0.29) is 0 Å². The predicted molar refractivity (Wildman–Crippen MR) is 93.4 cm³/mol. The molecule has 0 saturated carbocycles. The highest BCUT2D eigenvalue weighted by Gasteiger charge is 2.28. The van der Waals surface area contributed by atoms with Crippen molar-refractivity contribution in [3.8, 4) is 11.1 Å². The molecule has 0 saturated heterocycles. The topological polar surface area (TPSA) is 0 Å². The zero-order chi connectivity index (χ0) is 15.1. The van der Waals surface area contributed by atoms with Crippen LogP contribution in [0, 0.1) is 0 Å². The van der Waals surface area contributed by atoms with Crippen molar-refractivity contribution < 1.29 is 0 Å². The van der Waals surface area contributed by atoms with Gasteiger partial charge in [-0.25, -0.2) is 0 Å². The second-order valence-electron chi connectivity index (χ2n) is 6.43. The lowest BCUT2D eigenvalue weighted by Crippen LogP contribution is -1.99. The maximum atomic E-state index is 2.30. The van der Waals surface area contributed by atoms with E-state index in [1.807, 2.05) is 0 Å². The van der Waals surface area contributed by atoms with Crippen LogP contribution in [-0.4, -0.2) is 0 Å². The third-order valence-electron chi connectivity index (χ3n) is 4.77. The molecule has 0 nitrogen and oxygen atoms in total. The van der Waals surface area contributed by atoms with Crippen molar-refractivity contribution >= 4 is 0 Å². The van der Waals surface area contributed by atoms with Crippen LogP contribution in [0.4, 0.5) is 0 Å². The molecule has 0 heterocycles. The molecule has 3 aromatic carbocycles. The van der Waals surface area contributed by atoms with Gasteiger partial charge in [-0.1, -0.05) is 86.6 Å². The van der Waals surface area contributed by atoms with E-state index in [1.165, 1.54) is 33.4 Å². The summed E-state index contributed by atoms with van der Waals surface area (Å²) < 4.78 is 0. The van der Waals surface area contributed by atoms with Gasteiger partial charge in [-0.2, -0.15) is 0 Å². The van der Waals surface area contributed by atoms with Crippen molar-refractivity contribution in [2.75, 3.05) is 0 Å². The summed E-state index contributed by atoms with van der Waals surface area (Å²) in [4.78, 5) is 0. The lowest BCUT2D eigenvalue weighted by Gasteiger charge is -2.15. The number of benzene rings is 3. The second kappa shape index (κ2) is 5.14. The molecule has 0 aromatic heterocycles. The highest BCUT2D eigenvalue weighted by molar-refractivity contribution is 5.80. The summed E-state index contributed by atoms with van der Waals surface area (Å²) in [6, 6.07) is 26.8. The van der Waals surface area contributed by atoms with Gasteiger partial charge in [0, 0.05) is 5.92 Å². The van der Waals surface area contributed by atoms with Crippen LogP contribution < -0.4 is 0 Å². The lowest BCUT2D eigenvalue weighted by atomic mass is 9.88. The molecule has 3 aromatic rings. The minimum Gasteiger partial charge on any atom is -0.0619 e. The quantitative estimate of drug-likeness (QED) is 0.425. The van der Waals surface area contributed by atoms with Crippen molar-refractivity contribution in [1.82, 2.24) is 0 Å². The Morgan fingerprint density at radius 1 is 0.636 bits per heavy atom. The molecule has 108 valence electrons. The van der Waals surface area contributed by atoms with Crippen LogP contribution in [0.1, 0.15) is 47.9 Å². The summed E-state index contributed by atoms with van der Waals surface area (Å²) in [7, 11) is 0. The molecule has 0 fully saturated rings. The average molecular weight is 284 g/mol. The summed E-state index contributed by atoms with van der Waals surface area (Å²) in [5.41, 5.74) is 8.43. The zero-order valence-electron chi connectivity index (χ0n) is 13.1. The van der Waals surface area contributed by atoms with Crippen molar-refractivity contribution in [3.63, 3.8) is 0 Å². The third-order valence-corrected chi connectivity index (χ3v) is 4.77. The van der Waals surface area contributed by atoms with Crippen molar-refractivity contribution in [2.24, 2.45) is 0 Å². The molecule has 0 N–H and O–H groups in total. The third kappa shape index (κ3) is 1.99. The highest BCUT2D eigenvalue weighted by atomic mass is 14.3. The van der Waals surface area contributed by atoms with Gasteiger partial charge in [-0.3, -0.25) is 0 Å². The van der Waals surface area contributed by atoms with E-state index in [9.17, 15) is 0 Å². The predicted octanol–water partition coefficient (Wildman–Crippen LogP) is 5.97. The Bertz CT molecular complexity index is 764. The Labute approximate surface area is 132 Å². The number of fused-ring (bicyclic) bond motifs is 3. The molecular formula is C22H20. The summed E-state index contributed by atoms with van der Waals surface area (Å²) in [5.74, 6) is 0.950. The fraction of sp³-hybridized carbons (Fsp3) is 0.182. The Morgan fingerprint density at radius 3 is 1.64 bits per heavy atom. The number of hydrogen-bond acceptors (Lipinski definition) is 0. The van der Waals surface area contributed by atoms with E-state index in [0.29, 0.717) is 11.8 Å². The molecule has 0 atom stereocenters. The summed E-state index contributed by atoms with van der Waals surface area (Å²) in [6.07, 6.45) is 0. The van der Waals surface area contributed by atoms with Crippen molar-refractivity contribution in [1.29, 1.82) is 0 Å². The average Bonchev–Trinajstić information content (AvgIpc) is 2.89. The van der Waals surface area contributed by atoms with E-state index in [4.69, 9.17) is 0 Å². The fourth-order valence-corrected chi connectivity index (χ4v) is 3.59. The van der Waals surface area contributed by atoms with E-state index < -0.39 is 0 Å². The van der Waals surface area contributed by atoms with Crippen LogP contribution in [0.25, 0.3) is 11.1 Å². The van der Waals surface area contributed by atoms with Crippen LogP contribution in [-0.2, 0) is 0 Å². The molecule has 0 radical (unpaired) electrons. The molecule has 1 aliphatic rings. The molecular weight excluding hydrogens is 264 g/mol. The lowest BCUT2D eigenvalue weighted by molar-refractivity contribution is 0.863. The van der Waals surface area contributed by atoms with E-state index in [1.54, 1.807) is 0 Å². The molecule has 0 spiro atoms. The van der Waals surface area contributed by atoms with Gasteiger partial charge in [0.2, 0.25) is 0 Å². The van der Waals surface area contributed by atoms with Gasteiger partial charge < -0.3 is 0 Å². The van der Waals surface area contributed by atoms with Gasteiger partial charge in [0.1, 0.15) is 0 Å². The summed E-state index contributed by atoms with van der Waals surface area (Å²) in [5, 5.41) is 0. The van der Waals surface area contributed by atoms with Crippen LogP contribution in [0.15, 0.2) is 72.8 Å². The highest BCUT2D eigenvalue weighted by Crippen LogP contribution is 2.47. The standard InChI is InChI=1S/C22H20/c1-15(2)16-11-13-17(14-12-16)22-20-9-5-3-7-18(20)19-8-4-6-10-21(19)22/h3-15,22H,1-2H3. The van der Waals surface area contributed by atoms with Crippen LogP contribution in [0.2, 0.25) is 0 Å². The number of hydrogen-bond donors (Lipinski definition) is 0. The van der Waals surface area contributed by atoms with Gasteiger partial charge in [0.25, 0.3) is 0 Å². The van der Waals surface area contributed by atoms with Crippen LogP contribution >= 0.6 is 0 Å². The summed E-state index contributed by atoms with van der Waals surface area (Å²) >= 11 is 0. The van der Waals surface area contributed by atoms with Crippen molar-refractivity contribution in [2.45, 2.75) is 25.7 Å². The minimum absolute atomic E-state index is 0.369. The van der Waals surface area contributed by atoms with Gasteiger partial charge in [0.15, 0.2) is 0 Å². The first-order chi connectivity index (χ1) is 10.8. The van der Waals surface area contributed by atoms with Crippen molar-refractivity contribution in [3.05, 3.63) is 95.1 Å². The maximum absolute atomic E-state index is 2.30. The molecule has 0 amide bonds. The van der Waals surface area contributed by atoms with Gasteiger partial charge in [-0.05, 0) is 39.3 Å². The second-order valence-corrected chi connectivity index (χ2v) is 6.43. The van der Waals surface area contributed by atoms with E-state index in [0.717, 1.165) is 0 Å². The first-order valence-electron chi connectivity index (χ1n) is 8.04. The molecule has 0 bridgehead atoms. The van der Waals surface area contributed by atoms with Gasteiger partial charge in [0.05, 0.1) is 0 Å². The Kier molecular flexibility index (Phi) is 3.11. The van der Waals surface area contributed by atoms with Crippen LogP contribution in [0.3, 0.4) is 0 Å². The van der Waals surface area contributed by atoms with Gasteiger partial charge >= 0.3 is 0 Å². The molecule has 0 aliphatic heterocycles. The first-order valence-corrected chi connectivity index (χ1v) is 8.04. The van der Waals surface area contributed by atoms with Crippen LogP contribution in [0.5, 0.6) is 0 Å². The van der Waals surface area contributed by atoms with E-state index in [2.05, 4.69) is 86.6 Å². The normalized spacial score (nSPS) is 13.2. The summed E-state index contributed by atoms with van der Waals surface area (Å²) in [6.45, 7) is 4.49. The largest absolute Gasteiger partial charge is 0.0619 e. The van der Waals surface area contributed by atoms with Gasteiger partial charge in [-0.15, -0.1) is 0 Å². The monoisotopic (exact) mass is 284 g/mol. The zero-order valence-corrected chi connectivity index (χ0v) is 13.1. The maximum Gasteiger partial charge on any atom is 0.0352 e. The Hall–Kier alpha value is -2.34. The molecule has 0 heteroatoms. The van der Waals surface area contributed by atoms with E-state index >= 15 is 0 Å². The molecule has 1 aliphatic carbocycles. The first kappa shape index (κ1) is 13.3. The number of rotatable bonds is 2. The molecule has 0 unspecified atom stereocenters. The molecule has 4 rings (SSSR count). The SMILES string of the molecule is CC(C)c1ccc(C2c3ccccc3-c3ccccc32)cc1. The smallest absolute Gasteiger partial charge is 0.0352 e.